The third-order valence-electron chi connectivity index (χ3n) is 3.30. The molecule has 0 saturated carbocycles. The molecule has 0 aliphatic heterocycles. The molecule has 0 spiro atoms. The van der Waals surface area contributed by atoms with Crippen molar-refractivity contribution in [3.05, 3.63) is 29.3 Å². The molecular weight excluding hydrogens is 280 g/mol. The number of hydrogen-bond donors (Lipinski definition) is 2. The number of carbonyl (C=O) groups is 1. The lowest BCUT2D eigenvalue weighted by molar-refractivity contribution is -0.117. The summed E-state index contributed by atoms with van der Waals surface area (Å²) in [7, 11) is 1.81. The highest BCUT2D eigenvalue weighted by Gasteiger charge is 2.13. The quantitative estimate of drug-likeness (QED) is 0.771. The molecular formula is C17H28N2O3. The zero-order chi connectivity index (χ0) is 16.7. The average Bonchev–Trinajstić information content (AvgIpc) is 2.40. The zero-order valence-corrected chi connectivity index (χ0v) is 14.2. The van der Waals surface area contributed by atoms with Gasteiger partial charge in [-0.2, -0.15) is 0 Å². The van der Waals surface area contributed by atoms with Crippen LogP contribution in [0.2, 0.25) is 0 Å². The number of amides is 1. The fourth-order valence-corrected chi connectivity index (χ4v) is 2.22. The molecule has 0 aliphatic carbocycles. The van der Waals surface area contributed by atoms with Gasteiger partial charge < -0.3 is 15.2 Å². The molecule has 1 aromatic carbocycles. The number of aryl methyl sites for hydroxylation is 2. The number of ether oxygens (including phenoxy) is 1. The van der Waals surface area contributed by atoms with E-state index < -0.39 is 6.10 Å². The first kappa shape index (κ1) is 18.6. The minimum Gasteiger partial charge on any atom is -0.389 e. The van der Waals surface area contributed by atoms with E-state index in [9.17, 15) is 9.90 Å². The van der Waals surface area contributed by atoms with Crippen molar-refractivity contribution in [2.75, 3.05) is 32.1 Å². The van der Waals surface area contributed by atoms with Crippen LogP contribution in [0.5, 0.6) is 0 Å². The third kappa shape index (κ3) is 6.56. The van der Waals surface area contributed by atoms with Gasteiger partial charge in [-0.25, -0.2) is 0 Å². The lowest BCUT2D eigenvalue weighted by atomic mass is 10.1. The standard InChI is InChI=1S/C17H28N2O3/c1-12(2)22-11-15(20)9-19(5)10-16(21)18-17-13(3)7-6-8-14(17)4/h6-8,12,15,20H,9-11H2,1-5H3,(H,18,21). The van der Waals surface area contributed by atoms with E-state index in [1.807, 2.05) is 52.9 Å². The second-order valence-electron chi connectivity index (χ2n) is 6.05. The Labute approximate surface area is 133 Å². The number of nitrogens with zero attached hydrogens (tertiary/aromatic N) is 1. The summed E-state index contributed by atoms with van der Waals surface area (Å²) in [6.07, 6.45) is -0.507. The van der Waals surface area contributed by atoms with Gasteiger partial charge in [-0.3, -0.25) is 9.69 Å². The van der Waals surface area contributed by atoms with E-state index in [1.54, 1.807) is 4.90 Å². The molecule has 0 saturated heterocycles. The molecule has 0 heterocycles. The number of likely N-dealkylation sites (N-methyl/N-ethyl adjacent to an activating group) is 1. The molecule has 5 heteroatoms. The first-order chi connectivity index (χ1) is 10.3. The summed E-state index contributed by atoms with van der Waals surface area (Å²) in [6.45, 7) is 8.70. The smallest absolute Gasteiger partial charge is 0.238 e. The highest BCUT2D eigenvalue weighted by molar-refractivity contribution is 5.93. The van der Waals surface area contributed by atoms with Gasteiger partial charge in [0.05, 0.1) is 25.4 Å². The van der Waals surface area contributed by atoms with Crippen LogP contribution in [-0.4, -0.2) is 54.9 Å². The Hall–Kier alpha value is -1.43. The van der Waals surface area contributed by atoms with Crippen LogP contribution in [0.4, 0.5) is 5.69 Å². The van der Waals surface area contributed by atoms with E-state index >= 15 is 0 Å². The molecule has 0 bridgehead atoms. The molecule has 1 aromatic rings. The minimum atomic E-state index is -0.597. The minimum absolute atomic E-state index is 0.0862. The second-order valence-corrected chi connectivity index (χ2v) is 6.05. The Bertz CT molecular complexity index is 469. The van der Waals surface area contributed by atoms with Crippen molar-refractivity contribution in [2.24, 2.45) is 0 Å². The molecule has 1 atom stereocenters. The molecule has 1 unspecified atom stereocenters. The van der Waals surface area contributed by atoms with Crippen molar-refractivity contribution in [2.45, 2.75) is 39.9 Å². The summed E-state index contributed by atoms with van der Waals surface area (Å²) in [5, 5.41) is 12.8. The van der Waals surface area contributed by atoms with Crippen molar-refractivity contribution >= 4 is 11.6 Å². The number of para-hydroxylation sites is 1. The molecule has 1 amide bonds. The summed E-state index contributed by atoms with van der Waals surface area (Å²) in [5.41, 5.74) is 2.95. The van der Waals surface area contributed by atoms with Gasteiger partial charge >= 0.3 is 0 Å². The van der Waals surface area contributed by atoms with E-state index in [0.717, 1.165) is 16.8 Å². The Balaban J connectivity index is 2.44. The van der Waals surface area contributed by atoms with E-state index in [1.165, 1.54) is 0 Å². The molecule has 2 N–H and O–H groups in total. The van der Waals surface area contributed by atoms with Crippen LogP contribution in [0.3, 0.4) is 0 Å². The molecule has 0 aliphatic rings. The predicted molar refractivity (Wildman–Crippen MR) is 89.1 cm³/mol. The number of benzene rings is 1. The van der Waals surface area contributed by atoms with E-state index in [0.29, 0.717) is 6.54 Å². The van der Waals surface area contributed by atoms with Gasteiger partial charge in [0.2, 0.25) is 5.91 Å². The van der Waals surface area contributed by atoms with Gasteiger partial charge in [0.25, 0.3) is 0 Å². The Morgan fingerprint density at radius 1 is 1.32 bits per heavy atom. The van der Waals surface area contributed by atoms with Crippen LogP contribution >= 0.6 is 0 Å². The summed E-state index contributed by atoms with van der Waals surface area (Å²) < 4.78 is 5.36. The number of aliphatic hydroxyl groups excluding tert-OH is 1. The van der Waals surface area contributed by atoms with Gasteiger partial charge in [0.1, 0.15) is 0 Å². The first-order valence-electron chi connectivity index (χ1n) is 7.64. The van der Waals surface area contributed by atoms with Crippen molar-refractivity contribution in [3.63, 3.8) is 0 Å². The number of hydrogen-bond acceptors (Lipinski definition) is 4. The zero-order valence-electron chi connectivity index (χ0n) is 14.2. The van der Waals surface area contributed by atoms with Crippen molar-refractivity contribution in [1.82, 2.24) is 4.90 Å². The van der Waals surface area contributed by atoms with Gasteiger partial charge in [0, 0.05) is 12.2 Å². The van der Waals surface area contributed by atoms with Gasteiger partial charge in [-0.15, -0.1) is 0 Å². The topological polar surface area (TPSA) is 61.8 Å². The van der Waals surface area contributed by atoms with Gasteiger partial charge in [-0.1, -0.05) is 18.2 Å². The maximum Gasteiger partial charge on any atom is 0.238 e. The summed E-state index contributed by atoms with van der Waals surface area (Å²) in [4.78, 5) is 13.9. The van der Waals surface area contributed by atoms with Crippen LogP contribution in [0.15, 0.2) is 18.2 Å². The second kappa shape index (κ2) is 8.88. The van der Waals surface area contributed by atoms with Crippen molar-refractivity contribution in [3.8, 4) is 0 Å². The van der Waals surface area contributed by atoms with Crippen LogP contribution < -0.4 is 5.32 Å². The number of nitrogens with one attached hydrogen (secondary N) is 1. The van der Waals surface area contributed by atoms with Crippen LogP contribution in [0, 0.1) is 13.8 Å². The van der Waals surface area contributed by atoms with E-state index in [-0.39, 0.29) is 25.2 Å². The molecule has 5 nitrogen and oxygen atoms in total. The third-order valence-corrected chi connectivity index (χ3v) is 3.30. The fourth-order valence-electron chi connectivity index (χ4n) is 2.22. The van der Waals surface area contributed by atoms with Crippen LogP contribution in [0.25, 0.3) is 0 Å². The Kier molecular flexibility index (Phi) is 7.51. The molecule has 1 rings (SSSR count). The normalized spacial score (nSPS) is 12.7. The monoisotopic (exact) mass is 308 g/mol. The van der Waals surface area contributed by atoms with E-state index in [4.69, 9.17) is 4.74 Å². The SMILES string of the molecule is Cc1cccc(C)c1NC(=O)CN(C)CC(O)COC(C)C. The average molecular weight is 308 g/mol. The van der Waals surface area contributed by atoms with Gasteiger partial charge in [0.15, 0.2) is 0 Å². The molecule has 0 radical (unpaired) electrons. The number of rotatable bonds is 8. The maximum atomic E-state index is 12.1. The Morgan fingerprint density at radius 2 is 1.91 bits per heavy atom. The highest BCUT2D eigenvalue weighted by Crippen LogP contribution is 2.19. The summed E-state index contributed by atoms with van der Waals surface area (Å²) >= 11 is 0. The van der Waals surface area contributed by atoms with Gasteiger partial charge in [-0.05, 0) is 45.9 Å². The molecule has 22 heavy (non-hydrogen) atoms. The number of aliphatic hydroxyl groups is 1. The lowest BCUT2D eigenvalue weighted by Crippen LogP contribution is -2.37. The van der Waals surface area contributed by atoms with Crippen molar-refractivity contribution in [1.29, 1.82) is 0 Å². The summed E-state index contributed by atoms with van der Waals surface area (Å²) in [5.74, 6) is -0.0862. The lowest BCUT2D eigenvalue weighted by Gasteiger charge is -2.21. The molecule has 124 valence electrons. The first-order valence-corrected chi connectivity index (χ1v) is 7.64. The Morgan fingerprint density at radius 3 is 2.45 bits per heavy atom. The maximum absolute atomic E-state index is 12.1. The highest BCUT2D eigenvalue weighted by atomic mass is 16.5. The molecule has 0 aromatic heterocycles. The predicted octanol–water partition coefficient (Wildman–Crippen LogP) is 1.96. The summed E-state index contributed by atoms with van der Waals surface area (Å²) in [6, 6.07) is 5.91. The number of carbonyl (C=O) groups excluding carboxylic acids is 1. The van der Waals surface area contributed by atoms with Crippen LogP contribution in [-0.2, 0) is 9.53 Å². The fraction of sp³-hybridized carbons (Fsp3) is 0.588. The molecule has 0 fully saturated rings. The van der Waals surface area contributed by atoms with Crippen LogP contribution in [0.1, 0.15) is 25.0 Å². The van der Waals surface area contributed by atoms with E-state index in [2.05, 4.69) is 5.32 Å². The van der Waals surface area contributed by atoms with Crippen molar-refractivity contribution < 1.29 is 14.6 Å². The number of anilines is 1. The largest absolute Gasteiger partial charge is 0.389 e.